The van der Waals surface area contributed by atoms with Crippen LogP contribution < -0.4 is 0 Å². The van der Waals surface area contributed by atoms with E-state index in [1.54, 1.807) is 0 Å². The first-order chi connectivity index (χ1) is 17.6. The number of amides is 2. The molecule has 1 aromatic carbocycles. The van der Waals surface area contributed by atoms with Crippen molar-refractivity contribution < 1.29 is 46.3 Å². The van der Waals surface area contributed by atoms with Crippen molar-refractivity contribution in [3.8, 4) is 0 Å². The summed E-state index contributed by atoms with van der Waals surface area (Å²) >= 11 is 0. The lowest BCUT2D eigenvalue weighted by Gasteiger charge is -2.43. The maximum absolute atomic E-state index is 15.0. The van der Waals surface area contributed by atoms with Gasteiger partial charge in [0, 0.05) is 24.3 Å². The summed E-state index contributed by atoms with van der Waals surface area (Å²) in [5, 5.41) is 21.1. The van der Waals surface area contributed by atoms with Crippen molar-refractivity contribution in [3.05, 3.63) is 39.7 Å². The predicted molar refractivity (Wildman–Crippen MR) is 136 cm³/mol. The molecule has 39 heavy (non-hydrogen) atoms. The van der Waals surface area contributed by atoms with Gasteiger partial charge in [0.05, 0.1) is 10.7 Å². The molecule has 1 heterocycles. The van der Waals surface area contributed by atoms with Gasteiger partial charge in [-0.1, -0.05) is 0 Å². The van der Waals surface area contributed by atoms with Gasteiger partial charge in [-0.2, -0.15) is 4.90 Å². The average molecular weight is 578 g/mol. The van der Waals surface area contributed by atoms with Crippen LogP contribution in [0.3, 0.4) is 0 Å². The van der Waals surface area contributed by atoms with Gasteiger partial charge in [-0.05, 0) is 61.0 Å². The van der Waals surface area contributed by atoms with E-state index >= 15 is 4.39 Å². The molecule has 0 radical (unpaired) electrons. The van der Waals surface area contributed by atoms with E-state index in [0.29, 0.717) is 0 Å². The number of ether oxygens (including phenoxy) is 2. The number of amidine groups is 1. The number of aliphatic hydroxyl groups excluding tert-OH is 1. The molecule has 2 rings (SSSR count). The Kier molecular flexibility index (Phi) is 8.83. The van der Waals surface area contributed by atoms with Crippen molar-refractivity contribution in [2.75, 3.05) is 19.0 Å². The van der Waals surface area contributed by atoms with Gasteiger partial charge < -0.3 is 14.6 Å². The molecule has 0 saturated heterocycles. The Morgan fingerprint density at radius 2 is 1.67 bits per heavy atom. The number of rotatable bonds is 5. The number of hydrogen-bond acceptors (Lipinski definition) is 10. The highest BCUT2D eigenvalue weighted by molar-refractivity contribution is 7.93. The second-order valence-electron chi connectivity index (χ2n) is 11.3. The zero-order valence-electron chi connectivity index (χ0n) is 22.8. The fourth-order valence-electron chi connectivity index (χ4n) is 3.97. The monoisotopic (exact) mass is 577 g/mol. The number of halogens is 2. The van der Waals surface area contributed by atoms with Crippen LogP contribution in [0, 0.1) is 15.9 Å². The molecule has 12 nitrogen and oxygen atoms in total. The van der Waals surface area contributed by atoms with E-state index in [1.165, 1.54) is 41.5 Å². The molecule has 0 aliphatic carbocycles. The maximum atomic E-state index is 15.0. The third-order valence-electron chi connectivity index (χ3n) is 5.66. The van der Waals surface area contributed by atoms with E-state index in [9.17, 15) is 37.6 Å². The van der Waals surface area contributed by atoms with E-state index in [1.807, 2.05) is 0 Å². The number of carbonyl (C=O) groups excluding carboxylic acids is 2. The Balaban J connectivity index is 3.02. The number of aliphatic imine (C=N–C) groups is 1. The topological polar surface area (TPSA) is 166 Å². The minimum atomic E-state index is -4.81. The highest BCUT2D eigenvalue weighted by Gasteiger charge is 2.60. The number of sulfone groups is 1. The molecule has 1 aliphatic rings. The lowest BCUT2D eigenvalue weighted by molar-refractivity contribution is -0.385. The van der Waals surface area contributed by atoms with Crippen LogP contribution in [0.2, 0.25) is 0 Å². The molecule has 1 aliphatic heterocycles. The Hall–Kier alpha value is -3.20. The Bertz CT molecular complexity index is 1260. The zero-order chi connectivity index (χ0) is 30.2. The number of non-ortho nitro benzene ring substituents is 1. The predicted octanol–water partition coefficient (Wildman–Crippen LogP) is 4.04. The highest BCUT2D eigenvalue weighted by Crippen LogP contribution is 2.43. The number of nitrogens with zero attached hydrogens (tertiary/aromatic N) is 3. The van der Waals surface area contributed by atoms with E-state index in [4.69, 9.17) is 9.47 Å². The minimum absolute atomic E-state index is 0.121. The number of aliphatic hydroxyl groups is 1. The number of carbonyl (C=O) groups is 2. The van der Waals surface area contributed by atoms with Crippen molar-refractivity contribution >= 4 is 33.5 Å². The van der Waals surface area contributed by atoms with E-state index in [2.05, 4.69) is 4.99 Å². The Morgan fingerprint density at radius 1 is 1.15 bits per heavy atom. The maximum Gasteiger partial charge on any atom is 0.425 e. The molecular formula is C24H33F2N3O9S. The van der Waals surface area contributed by atoms with Crippen molar-refractivity contribution in [1.29, 1.82) is 0 Å². The van der Waals surface area contributed by atoms with Gasteiger partial charge in [-0.25, -0.2) is 26.8 Å². The number of benzene rings is 1. The number of hydrogen-bond donors (Lipinski definition) is 1. The van der Waals surface area contributed by atoms with Crippen molar-refractivity contribution in [3.63, 3.8) is 0 Å². The summed E-state index contributed by atoms with van der Waals surface area (Å²) in [6.45, 7) is 7.20. The van der Waals surface area contributed by atoms with Gasteiger partial charge in [-0.15, -0.1) is 0 Å². The average Bonchev–Trinajstić information content (AvgIpc) is 2.73. The molecule has 0 spiro atoms. The molecule has 1 aromatic rings. The third kappa shape index (κ3) is 6.69. The summed E-state index contributed by atoms with van der Waals surface area (Å²) < 4.78 is 65.2. The molecule has 0 bridgehead atoms. The molecule has 0 fully saturated rings. The van der Waals surface area contributed by atoms with Crippen molar-refractivity contribution in [1.82, 2.24) is 4.90 Å². The molecule has 2 unspecified atom stereocenters. The van der Waals surface area contributed by atoms with Crippen LogP contribution in [0.25, 0.3) is 0 Å². The molecule has 15 heteroatoms. The van der Waals surface area contributed by atoms with Crippen LogP contribution in [0.15, 0.2) is 23.2 Å². The van der Waals surface area contributed by atoms with Crippen LogP contribution in [0.4, 0.5) is 24.1 Å². The molecule has 1 N–H and O–H groups in total. The van der Waals surface area contributed by atoms with Crippen molar-refractivity contribution in [2.24, 2.45) is 4.99 Å². The van der Waals surface area contributed by atoms with Gasteiger partial charge in [0.25, 0.3) is 5.69 Å². The quantitative estimate of drug-likeness (QED) is 0.401. The Morgan fingerprint density at radius 3 is 2.08 bits per heavy atom. The van der Waals surface area contributed by atoms with E-state index in [0.717, 1.165) is 25.1 Å². The zero-order valence-corrected chi connectivity index (χ0v) is 23.6. The molecule has 0 saturated carbocycles. The summed E-state index contributed by atoms with van der Waals surface area (Å²) in [7, 11) is -4.81. The molecular weight excluding hydrogens is 544 g/mol. The SMILES string of the molecule is CC(C)(C)OC(=O)N(C(=O)OC(C)(C)C)C1=NC(C)(c2cc([N+](=O)[O-])ccc2F)CS(=O)(=O)C1(CF)CCO. The fourth-order valence-corrected chi connectivity index (χ4v) is 6.19. The smallest absolute Gasteiger partial charge is 0.425 e. The van der Waals surface area contributed by atoms with Gasteiger partial charge in [-0.3, -0.25) is 15.1 Å². The first-order valence-corrected chi connectivity index (χ1v) is 13.5. The lowest BCUT2D eigenvalue weighted by atomic mass is 9.92. The van der Waals surface area contributed by atoms with Crippen LogP contribution >= 0.6 is 0 Å². The number of nitro groups is 1. The molecule has 0 aromatic heterocycles. The standard InChI is InChI=1S/C24H33F2N3O9S/c1-21(2,3)37-19(31)28(20(32)38-22(4,5)6)18-24(13-25,10-11-30)39(35,36)14-23(7,27-18)16-12-15(29(33)34)8-9-17(16)26/h8-9,12,30H,10-11,13-14H2,1-7H3. The van der Waals surface area contributed by atoms with Crippen LogP contribution in [-0.2, 0) is 24.8 Å². The fraction of sp³-hybridized carbons (Fsp3) is 0.625. The summed E-state index contributed by atoms with van der Waals surface area (Å²) in [5.74, 6) is -3.15. The minimum Gasteiger partial charge on any atom is -0.443 e. The number of nitro benzene ring substituents is 1. The van der Waals surface area contributed by atoms with E-state index in [-0.39, 0.29) is 4.90 Å². The Labute approximate surface area is 225 Å². The van der Waals surface area contributed by atoms with Crippen LogP contribution in [0.1, 0.15) is 60.5 Å². The first kappa shape index (κ1) is 32.0. The molecule has 2 atom stereocenters. The first-order valence-electron chi connectivity index (χ1n) is 11.8. The number of imide groups is 1. The lowest BCUT2D eigenvalue weighted by Crippen LogP contribution is -2.64. The molecule has 2 amide bonds. The van der Waals surface area contributed by atoms with Gasteiger partial charge in [0.2, 0.25) is 0 Å². The van der Waals surface area contributed by atoms with Crippen LogP contribution in [0.5, 0.6) is 0 Å². The summed E-state index contributed by atoms with van der Waals surface area (Å²) in [4.78, 5) is 41.6. The number of alkyl halides is 1. The normalized spacial score (nSPS) is 23.0. The van der Waals surface area contributed by atoms with Crippen molar-refractivity contribution in [2.45, 2.75) is 76.4 Å². The largest absolute Gasteiger partial charge is 0.443 e. The summed E-state index contributed by atoms with van der Waals surface area (Å²) in [5.41, 5.74) is -5.77. The van der Waals surface area contributed by atoms with Crippen LogP contribution in [-0.4, -0.2) is 76.4 Å². The third-order valence-corrected chi connectivity index (χ3v) is 8.29. The summed E-state index contributed by atoms with van der Waals surface area (Å²) in [6, 6.07) is 2.37. The highest BCUT2D eigenvalue weighted by atomic mass is 32.2. The van der Waals surface area contributed by atoms with Gasteiger partial charge in [0.1, 0.15) is 35.1 Å². The van der Waals surface area contributed by atoms with E-state index < -0.39 is 96.8 Å². The van der Waals surface area contributed by atoms with Gasteiger partial charge >= 0.3 is 12.2 Å². The molecule has 218 valence electrons. The van der Waals surface area contributed by atoms with Gasteiger partial charge in [0.15, 0.2) is 14.6 Å². The second kappa shape index (κ2) is 10.8. The summed E-state index contributed by atoms with van der Waals surface area (Å²) in [6.07, 6.45) is -3.77. The second-order valence-corrected chi connectivity index (χ2v) is 13.6.